The van der Waals surface area contributed by atoms with Crippen molar-refractivity contribution in [2.75, 3.05) is 7.11 Å². The average Bonchev–Trinajstić information content (AvgIpc) is 2.18. The van der Waals surface area contributed by atoms with Gasteiger partial charge in [0.05, 0.1) is 24.3 Å². The smallest absolute Gasteiger partial charge is 0.341 e. The molecule has 0 unspecified atom stereocenters. The van der Waals surface area contributed by atoms with Crippen LogP contribution in [0.25, 0.3) is 0 Å². The lowest BCUT2D eigenvalue weighted by Crippen LogP contribution is -2.08. The number of nitriles is 1. The second-order valence-corrected chi connectivity index (χ2v) is 2.70. The lowest BCUT2D eigenvalue weighted by atomic mass is 10.0. The Hall–Kier alpha value is -1.89. The van der Waals surface area contributed by atoms with Crippen molar-refractivity contribution < 1.29 is 13.9 Å². The number of hydrogen-bond acceptors (Lipinski definition) is 3. The number of esters is 1. The number of rotatable bonds is 1. The number of ether oxygens (including phenoxy) is 1. The molecule has 0 saturated heterocycles. The van der Waals surface area contributed by atoms with E-state index in [4.69, 9.17) is 5.26 Å². The maximum atomic E-state index is 13.2. The second kappa shape index (κ2) is 3.88. The van der Waals surface area contributed by atoms with Gasteiger partial charge in [0.2, 0.25) is 0 Å². The minimum atomic E-state index is -0.767. The zero-order valence-electron chi connectivity index (χ0n) is 7.80. The normalized spacial score (nSPS) is 9.29. The van der Waals surface area contributed by atoms with E-state index in [9.17, 15) is 9.18 Å². The van der Waals surface area contributed by atoms with Crippen LogP contribution in [-0.4, -0.2) is 13.1 Å². The molecule has 0 saturated carbocycles. The molecule has 1 aromatic rings. The predicted octanol–water partition coefficient (Wildman–Crippen LogP) is 1.79. The predicted molar refractivity (Wildman–Crippen MR) is 47.2 cm³/mol. The molecule has 14 heavy (non-hydrogen) atoms. The summed E-state index contributed by atoms with van der Waals surface area (Å²) in [7, 11) is 1.17. The summed E-state index contributed by atoms with van der Waals surface area (Å²) in [6.45, 7) is 1.51. The Kier molecular flexibility index (Phi) is 2.82. The van der Waals surface area contributed by atoms with Gasteiger partial charge in [0.15, 0.2) is 0 Å². The number of methoxy groups -OCH3 is 1. The van der Waals surface area contributed by atoms with E-state index < -0.39 is 11.8 Å². The third kappa shape index (κ3) is 1.57. The van der Waals surface area contributed by atoms with Gasteiger partial charge in [-0.1, -0.05) is 0 Å². The van der Waals surface area contributed by atoms with Gasteiger partial charge in [-0.25, -0.2) is 9.18 Å². The third-order valence-electron chi connectivity index (χ3n) is 1.92. The highest BCUT2D eigenvalue weighted by Crippen LogP contribution is 2.17. The number of halogens is 1. The van der Waals surface area contributed by atoms with Crippen molar-refractivity contribution in [1.82, 2.24) is 0 Å². The van der Waals surface area contributed by atoms with Crippen molar-refractivity contribution in [3.05, 3.63) is 34.6 Å². The number of hydrogen-bond donors (Lipinski definition) is 0. The van der Waals surface area contributed by atoms with E-state index in [0.29, 0.717) is 5.56 Å². The molecule has 1 aromatic carbocycles. The highest BCUT2D eigenvalue weighted by atomic mass is 19.1. The van der Waals surface area contributed by atoms with Gasteiger partial charge in [0.1, 0.15) is 5.82 Å². The highest BCUT2D eigenvalue weighted by molar-refractivity contribution is 5.91. The largest absolute Gasteiger partial charge is 0.465 e. The number of carbonyl (C=O) groups excluding carboxylic acids is 1. The van der Waals surface area contributed by atoms with Crippen LogP contribution in [0.3, 0.4) is 0 Å². The summed E-state index contributed by atoms with van der Waals surface area (Å²) in [6, 6.07) is 4.28. The van der Waals surface area contributed by atoms with Crippen LogP contribution in [0.1, 0.15) is 21.5 Å². The maximum absolute atomic E-state index is 13.2. The van der Waals surface area contributed by atoms with Crippen LogP contribution in [0.2, 0.25) is 0 Å². The fourth-order valence-corrected chi connectivity index (χ4v) is 1.15. The molecule has 0 fully saturated rings. The van der Waals surface area contributed by atoms with Gasteiger partial charge >= 0.3 is 5.97 Å². The van der Waals surface area contributed by atoms with Crippen LogP contribution in [0.15, 0.2) is 12.1 Å². The first-order valence-corrected chi connectivity index (χ1v) is 3.89. The van der Waals surface area contributed by atoms with E-state index in [2.05, 4.69) is 4.74 Å². The minimum absolute atomic E-state index is 0.174. The van der Waals surface area contributed by atoms with Crippen LogP contribution in [0.5, 0.6) is 0 Å². The average molecular weight is 193 g/mol. The summed E-state index contributed by atoms with van der Waals surface area (Å²) in [4.78, 5) is 11.2. The highest BCUT2D eigenvalue weighted by Gasteiger charge is 2.17. The van der Waals surface area contributed by atoms with Crippen LogP contribution in [0.4, 0.5) is 4.39 Å². The molecule has 0 radical (unpaired) electrons. The molecule has 0 aliphatic heterocycles. The van der Waals surface area contributed by atoms with Crippen LogP contribution < -0.4 is 0 Å². The van der Waals surface area contributed by atoms with Crippen molar-refractivity contribution in [3.8, 4) is 6.07 Å². The molecule has 0 atom stereocenters. The van der Waals surface area contributed by atoms with E-state index in [1.54, 1.807) is 0 Å². The summed E-state index contributed by atoms with van der Waals surface area (Å²) < 4.78 is 17.6. The topological polar surface area (TPSA) is 50.1 Å². The first-order chi connectivity index (χ1) is 6.61. The molecule has 1 rings (SSSR count). The van der Waals surface area contributed by atoms with Crippen molar-refractivity contribution in [2.45, 2.75) is 6.92 Å². The van der Waals surface area contributed by atoms with Gasteiger partial charge in [0, 0.05) is 0 Å². The Morgan fingerprint density at radius 1 is 1.57 bits per heavy atom. The summed E-state index contributed by atoms with van der Waals surface area (Å²) in [6.07, 6.45) is 0. The molecule has 4 heteroatoms. The van der Waals surface area contributed by atoms with Crippen LogP contribution >= 0.6 is 0 Å². The van der Waals surface area contributed by atoms with Crippen LogP contribution in [-0.2, 0) is 4.74 Å². The van der Waals surface area contributed by atoms with Crippen LogP contribution in [0, 0.1) is 24.1 Å². The number of nitrogens with zero attached hydrogens (tertiary/aromatic N) is 1. The van der Waals surface area contributed by atoms with E-state index in [-0.39, 0.29) is 11.1 Å². The quantitative estimate of drug-likeness (QED) is 0.639. The summed E-state index contributed by atoms with van der Waals surface area (Å²) in [5.41, 5.74) is 0.401. The summed E-state index contributed by atoms with van der Waals surface area (Å²) in [5, 5.41) is 8.66. The zero-order valence-corrected chi connectivity index (χ0v) is 7.80. The van der Waals surface area contributed by atoms with Crippen molar-refractivity contribution in [2.24, 2.45) is 0 Å². The molecule has 0 N–H and O–H groups in total. The van der Waals surface area contributed by atoms with Crippen molar-refractivity contribution in [3.63, 3.8) is 0 Å². The Morgan fingerprint density at radius 2 is 2.21 bits per heavy atom. The van der Waals surface area contributed by atoms with Crippen molar-refractivity contribution in [1.29, 1.82) is 5.26 Å². The summed E-state index contributed by atoms with van der Waals surface area (Å²) in [5.74, 6) is -1.44. The molecule has 3 nitrogen and oxygen atoms in total. The number of carbonyl (C=O) groups is 1. The Bertz CT molecular complexity index is 421. The molecule has 0 aliphatic carbocycles. The molecule has 0 heterocycles. The number of benzene rings is 1. The lowest BCUT2D eigenvalue weighted by Gasteiger charge is -2.05. The van der Waals surface area contributed by atoms with Gasteiger partial charge < -0.3 is 4.74 Å². The fraction of sp³-hybridized carbons (Fsp3) is 0.200. The molecule has 0 aliphatic rings. The first-order valence-electron chi connectivity index (χ1n) is 3.89. The molecule has 0 bridgehead atoms. The van der Waals surface area contributed by atoms with Gasteiger partial charge in [-0.05, 0) is 24.6 Å². The Balaban J connectivity index is 3.42. The molecule has 0 spiro atoms. The summed E-state index contributed by atoms with van der Waals surface area (Å²) >= 11 is 0. The lowest BCUT2D eigenvalue weighted by molar-refractivity contribution is 0.0594. The molecule has 0 aromatic heterocycles. The first kappa shape index (κ1) is 10.2. The third-order valence-corrected chi connectivity index (χ3v) is 1.92. The van der Waals surface area contributed by atoms with E-state index in [1.807, 2.05) is 6.07 Å². The molecule has 0 amide bonds. The second-order valence-electron chi connectivity index (χ2n) is 2.70. The molecular weight excluding hydrogens is 185 g/mol. The van der Waals surface area contributed by atoms with Gasteiger partial charge in [-0.2, -0.15) is 5.26 Å². The Morgan fingerprint density at radius 3 is 2.71 bits per heavy atom. The standard InChI is InChI=1S/C10H8FNO2/c1-6-7(5-12)3-4-8(11)9(6)10(13)14-2/h3-4H,1-2H3. The van der Waals surface area contributed by atoms with Gasteiger partial charge in [-0.15, -0.1) is 0 Å². The van der Waals surface area contributed by atoms with Gasteiger partial charge in [0.25, 0.3) is 0 Å². The zero-order chi connectivity index (χ0) is 10.7. The molecular formula is C10H8FNO2. The fourth-order valence-electron chi connectivity index (χ4n) is 1.15. The SMILES string of the molecule is COC(=O)c1c(F)ccc(C#N)c1C. The monoisotopic (exact) mass is 193 g/mol. The van der Waals surface area contributed by atoms with Gasteiger partial charge in [-0.3, -0.25) is 0 Å². The van der Waals surface area contributed by atoms with E-state index in [1.165, 1.54) is 20.1 Å². The van der Waals surface area contributed by atoms with Crippen molar-refractivity contribution >= 4 is 5.97 Å². The van der Waals surface area contributed by atoms with E-state index >= 15 is 0 Å². The van der Waals surface area contributed by atoms with E-state index in [0.717, 1.165) is 6.07 Å². The minimum Gasteiger partial charge on any atom is -0.465 e. The Labute approximate surface area is 80.7 Å². The molecule has 72 valence electrons. The maximum Gasteiger partial charge on any atom is 0.341 e.